The molecule has 154 valence electrons. The van der Waals surface area contributed by atoms with Crippen LogP contribution in [0.2, 0.25) is 0 Å². The van der Waals surface area contributed by atoms with Crippen LogP contribution >= 0.6 is 0 Å². The predicted molar refractivity (Wildman–Crippen MR) is 111 cm³/mol. The van der Waals surface area contributed by atoms with Crippen LogP contribution in [0, 0.1) is 0 Å². The summed E-state index contributed by atoms with van der Waals surface area (Å²) in [5.41, 5.74) is 1.76. The van der Waals surface area contributed by atoms with Gasteiger partial charge in [0.25, 0.3) is 5.91 Å². The maximum absolute atomic E-state index is 12.4. The van der Waals surface area contributed by atoms with Gasteiger partial charge in [-0.2, -0.15) is 0 Å². The maximum atomic E-state index is 12.4. The molecular formula is C21H24N2O5S. The van der Waals surface area contributed by atoms with Crippen molar-refractivity contribution in [2.75, 3.05) is 22.4 Å². The number of carbonyl (C=O) groups excluding carboxylic acids is 2. The van der Waals surface area contributed by atoms with Gasteiger partial charge in [0.2, 0.25) is 10.0 Å². The quantitative estimate of drug-likeness (QED) is 0.643. The van der Waals surface area contributed by atoms with E-state index in [0.29, 0.717) is 23.5 Å². The molecule has 0 aliphatic heterocycles. The molecule has 1 aliphatic rings. The van der Waals surface area contributed by atoms with Gasteiger partial charge in [-0.05, 0) is 68.7 Å². The number of benzene rings is 2. The van der Waals surface area contributed by atoms with Crippen LogP contribution in [0.3, 0.4) is 0 Å². The molecule has 0 unspecified atom stereocenters. The van der Waals surface area contributed by atoms with Crippen LogP contribution in [0.5, 0.6) is 0 Å². The van der Waals surface area contributed by atoms with E-state index in [1.54, 1.807) is 50.2 Å². The third-order valence-electron chi connectivity index (χ3n) is 4.91. The first-order valence-corrected chi connectivity index (χ1v) is 11.1. The van der Waals surface area contributed by atoms with Crippen LogP contribution in [0.4, 0.5) is 11.4 Å². The van der Waals surface area contributed by atoms with Crippen molar-refractivity contribution < 1.29 is 22.7 Å². The Hall–Kier alpha value is -2.87. The van der Waals surface area contributed by atoms with Gasteiger partial charge in [0, 0.05) is 16.9 Å². The highest BCUT2D eigenvalue weighted by molar-refractivity contribution is 7.92. The second-order valence-corrected chi connectivity index (χ2v) is 8.93. The van der Waals surface area contributed by atoms with E-state index in [0.717, 1.165) is 18.4 Å². The molecule has 0 bridgehead atoms. The van der Waals surface area contributed by atoms with Crippen molar-refractivity contribution in [1.82, 2.24) is 0 Å². The van der Waals surface area contributed by atoms with Gasteiger partial charge in [-0.1, -0.05) is 12.1 Å². The number of hydrogen-bond acceptors (Lipinski definition) is 5. The average molecular weight is 416 g/mol. The first-order chi connectivity index (χ1) is 13.8. The fourth-order valence-electron chi connectivity index (χ4n) is 3.02. The molecule has 8 heteroatoms. The van der Waals surface area contributed by atoms with Crippen molar-refractivity contribution in [2.24, 2.45) is 0 Å². The molecule has 0 saturated heterocycles. The van der Waals surface area contributed by atoms with E-state index in [1.807, 2.05) is 12.1 Å². The molecule has 7 nitrogen and oxygen atoms in total. The van der Waals surface area contributed by atoms with Crippen molar-refractivity contribution in [1.29, 1.82) is 0 Å². The maximum Gasteiger partial charge on any atom is 0.316 e. The highest BCUT2D eigenvalue weighted by Crippen LogP contribution is 2.49. The SMILES string of the molecule is CCOC(=O)C1(c2ccc(NC(=O)c3ccc(NS(=O)(=O)CC)cc3)cc2)CC1. The third-order valence-corrected chi connectivity index (χ3v) is 6.22. The van der Waals surface area contributed by atoms with Gasteiger partial charge in [-0.25, -0.2) is 8.42 Å². The minimum absolute atomic E-state index is 0.0251. The lowest BCUT2D eigenvalue weighted by Gasteiger charge is -2.15. The van der Waals surface area contributed by atoms with Crippen LogP contribution in [-0.4, -0.2) is 32.7 Å². The minimum atomic E-state index is -3.36. The topological polar surface area (TPSA) is 102 Å². The zero-order valence-electron chi connectivity index (χ0n) is 16.4. The van der Waals surface area contributed by atoms with Crippen molar-refractivity contribution >= 4 is 33.3 Å². The van der Waals surface area contributed by atoms with E-state index >= 15 is 0 Å². The number of amides is 1. The lowest BCUT2D eigenvalue weighted by atomic mass is 9.96. The highest BCUT2D eigenvalue weighted by atomic mass is 32.2. The lowest BCUT2D eigenvalue weighted by Crippen LogP contribution is -2.23. The van der Waals surface area contributed by atoms with Crippen LogP contribution < -0.4 is 10.0 Å². The molecule has 3 rings (SSSR count). The summed E-state index contributed by atoms with van der Waals surface area (Å²) < 4.78 is 30.8. The zero-order valence-corrected chi connectivity index (χ0v) is 17.2. The van der Waals surface area contributed by atoms with E-state index in [-0.39, 0.29) is 17.6 Å². The Balaban J connectivity index is 1.65. The molecule has 1 aliphatic carbocycles. The fraction of sp³-hybridized carbons (Fsp3) is 0.333. The second-order valence-electron chi connectivity index (χ2n) is 6.92. The van der Waals surface area contributed by atoms with E-state index in [2.05, 4.69) is 10.0 Å². The number of esters is 1. The van der Waals surface area contributed by atoms with Crippen LogP contribution in [0.1, 0.15) is 42.6 Å². The Bertz CT molecular complexity index is 994. The van der Waals surface area contributed by atoms with Gasteiger partial charge in [0.15, 0.2) is 0 Å². The van der Waals surface area contributed by atoms with Crippen LogP contribution in [0.25, 0.3) is 0 Å². The van der Waals surface area contributed by atoms with Crippen molar-refractivity contribution in [3.05, 3.63) is 59.7 Å². The molecule has 2 aromatic rings. The number of carbonyl (C=O) groups is 2. The standard InChI is InChI=1S/C21H24N2O5S/c1-3-28-20(25)21(13-14-21)16-7-11-17(12-8-16)22-19(24)15-5-9-18(10-6-15)23-29(26,27)4-2/h5-12,23H,3-4,13-14H2,1-2H3,(H,22,24). The zero-order chi connectivity index (χ0) is 21.1. The molecule has 0 aromatic heterocycles. The normalized spacial score (nSPS) is 14.7. The molecule has 1 amide bonds. The van der Waals surface area contributed by atoms with Crippen LogP contribution in [0.15, 0.2) is 48.5 Å². The second kappa shape index (κ2) is 8.24. The highest BCUT2D eigenvalue weighted by Gasteiger charge is 2.52. The molecular weight excluding hydrogens is 392 g/mol. The number of sulfonamides is 1. The summed E-state index contributed by atoms with van der Waals surface area (Å²) in [6.07, 6.45) is 1.54. The number of ether oxygens (including phenoxy) is 1. The molecule has 2 aromatic carbocycles. The van der Waals surface area contributed by atoms with Gasteiger partial charge < -0.3 is 10.1 Å². The summed E-state index contributed by atoms with van der Waals surface area (Å²) in [7, 11) is -3.36. The van der Waals surface area contributed by atoms with Crippen LogP contribution in [-0.2, 0) is 25.0 Å². The first kappa shape index (κ1) is 20.9. The van der Waals surface area contributed by atoms with Gasteiger partial charge in [-0.3, -0.25) is 14.3 Å². The molecule has 0 atom stereocenters. The summed E-state index contributed by atoms with van der Waals surface area (Å²) in [6, 6.07) is 13.4. The van der Waals surface area contributed by atoms with Crippen molar-refractivity contribution in [3.63, 3.8) is 0 Å². The van der Waals surface area contributed by atoms with Gasteiger partial charge in [0.05, 0.1) is 17.8 Å². The Morgan fingerprint density at radius 2 is 1.55 bits per heavy atom. The van der Waals surface area contributed by atoms with Crippen molar-refractivity contribution in [2.45, 2.75) is 32.1 Å². The van der Waals surface area contributed by atoms with Gasteiger partial charge >= 0.3 is 5.97 Å². The lowest BCUT2D eigenvalue weighted by molar-refractivity contribution is -0.146. The Morgan fingerprint density at radius 1 is 0.966 bits per heavy atom. The smallest absolute Gasteiger partial charge is 0.316 e. The minimum Gasteiger partial charge on any atom is -0.465 e. The van der Waals surface area contributed by atoms with Crippen molar-refractivity contribution in [3.8, 4) is 0 Å². The van der Waals surface area contributed by atoms with Gasteiger partial charge in [-0.15, -0.1) is 0 Å². The Morgan fingerprint density at radius 3 is 2.07 bits per heavy atom. The summed E-state index contributed by atoms with van der Waals surface area (Å²) in [5, 5.41) is 2.80. The molecule has 0 spiro atoms. The summed E-state index contributed by atoms with van der Waals surface area (Å²) in [6.45, 7) is 3.69. The molecule has 1 saturated carbocycles. The molecule has 0 heterocycles. The predicted octanol–water partition coefficient (Wildman–Crippen LogP) is 3.30. The molecule has 2 N–H and O–H groups in total. The third kappa shape index (κ3) is 4.76. The monoisotopic (exact) mass is 416 g/mol. The van der Waals surface area contributed by atoms with E-state index in [1.165, 1.54) is 0 Å². The first-order valence-electron chi connectivity index (χ1n) is 9.49. The number of anilines is 2. The van der Waals surface area contributed by atoms with E-state index in [9.17, 15) is 18.0 Å². The summed E-state index contributed by atoms with van der Waals surface area (Å²) in [4.78, 5) is 24.6. The molecule has 1 fully saturated rings. The largest absolute Gasteiger partial charge is 0.465 e. The molecule has 0 radical (unpaired) electrons. The Kier molecular flexibility index (Phi) is 5.93. The summed E-state index contributed by atoms with van der Waals surface area (Å²) >= 11 is 0. The number of nitrogens with one attached hydrogen (secondary N) is 2. The average Bonchev–Trinajstić information content (AvgIpc) is 3.51. The van der Waals surface area contributed by atoms with E-state index < -0.39 is 15.4 Å². The Labute approximate surface area is 170 Å². The molecule has 29 heavy (non-hydrogen) atoms. The number of hydrogen-bond donors (Lipinski definition) is 2. The van der Waals surface area contributed by atoms with E-state index in [4.69, 9.17) is 4.74 Å². The number of rotatable bonds is 8. The summed E-state index contributed by atoms with van der Waals surface area (Å²) in [5.74, 6) is -0.535. The van der Waals surface area contributed by atoms with Gasteiger partial charge in [0.1, 0.15) is 0 Å². The fourth-order valence-corrected chi connectivity index (χ4v) is 3.66.